The maximum absolute atomic E-state index is 9.25. The minimum Gasteiger partial charge on any atom is -0.384 e. The van der Waals surface area contributed by atoms with E-state index >= 15 is 0 Å². The molecule has 110 valence electrons. The Bertz CT molecular complexity index is 435. The van der Waals surface area contributed by atoms with Gasteiger partial charge in [0.05, 0.1) is 11.3 Å². The number of anilines is 1. The zero-order valence-electron chi connectivity index (χ0n) is 12.9. The molecule has 0 unspecified atom stereocenters. The fourth-order valence-corrected chi connectivity index (χ4v) is 2.79. The summed E-state index contributed by atoms with van der Waals surface area (Å²) in [5.74, 6) is 0.820. The SMILES string of the molecule is CSc1cccc(NCCCCCCC(C)C)c1C#N. The Balaban J connectivity index is 2.31. The number of benzene rings is 1. The van der Waals surface area contributed by atoms with E-state index in [9.17, 15) is 5.26 Å². The molecule has 0 fully saturated rings. The van der Waals surface area contributed by atoms with Gasteiger partial charge in [0.15, 0.2) is 0 Å². The third-order valence-electron chi connectivity index (χ3n) is 3.38. The monoisotopic (exact) mass is 290 g/mol. The van der Waals surface area contributed by atoms with Gasteiger partial charge in [-0.3, -0.25) is 0 Å². The Morgan fingerprint density at radius 3 is 2.60 bits per heavy atom. The molecule has 0 amide bonds. The number of nitrogens with zero attached hydrogens (tertiary/aromatic N) is 1. The molecule has 0 aromatic heterocycles. The molecule has 1 aromatic carbocycles. The fourth-order valence-electron chi connectivity index (χ4n) is 2.22. The van der Waals surface area contributed by atoms with Gasteiger partial charge in [-0.1, -0.05) is 45.6 Å². The highest BCUT2D eigenvalue weighted by atomic mass is 32.2. The largest absolute Gasteiger partial charge is 0.384 e. The molecular weight excluding hydrogens is 264 g/mol. The lowest BCUT2D eigenvalue weighted by Gasteiger charge is -2.10. The second-order valence-electron chi connectivity index (χ2n) is 5.52. The van der Waals surface area contributed by atoms with Gasteiger partial charge in [-0.25, -0.2) is 0 Å². The summed E-state index contributed by atoms with van der Waals surface area (Å²) in [4.78, 5) is 1.05. The third kappa shape index (κ3) is 5.88. The minimum absolute atomic E-state index is 0.778. The summed E-state index contributed by atoms with van der Waals surface area (Å²) in [5.41, 5.74) is 1.75. The molecule has 0 bridgehead atoms. The lowest BCUT2D eigenvalue weighted by atomic mass is 10.0. The van der Waals surface area contributed by atoms with E-state index in [1.807, 2.05) is 24.5 Å². The van der Waals surface area contributed by atoms with Crippen LogP contribution in [0.1, 0.15) is 51.5 Å². The van der Waals surface area contributed by atoms with E-state index in [1.165, 1.54) is 32.1 Å². The zero-order valence-corrected chi connectivity index (χ0v) is 13.7. The van der Waals surface area contributed by atoms with Crippen LogP contribution in [-0.4, -0.2) is 12.8 Å². The van der Waals surface area contributed by atoms with Crippen molar-refractivity contribution in [1.82, 2.24) is 0 Å². The second kappa shape index (κ2) is 9.72. The molecule has 1 rings (SSSR count). The van der Waals surface area contributed by atoms with Crippen molar-refractivity contribution in [3.8, 4) is 6.07 Å². The molecule has 0 atom stereocenters. The number of rotatable bonds is 9. The van der Waals surface area contributed by atoms with Gasteiger partial charge in [0.1, 0.15) is 6.07 Å². The Kier molecular flexibility index (Phi) is 8.22. The molecule has 1 N–H and O–H groups in total. The van der Waals surface area contributed by atoms with Gasteiger partial charge >= 0.3 is 0 Å². The molecule has 0 aliphatic heterocycles. The second-order valence-corrected chi connectivity index (χ2v) is 6.37. The van der Waals surface area contributed by atoms with Crippen LogP contribution in [0.15, 0.2) is 23.1 Å². The van der Waals surface area contributed by atoms with Crippen molar-refractivity contribution in [3.05, 3.63) is 23.8 Å². The van der Waals surface area contributed by atoms with E-state index in [4.69, 9.17) is 0 Å². The predicted molar refractivity (Wildman–Crippen MR) is 89.4 cm³/mol. The molecule has 0 radical (unpaired) electrons. The van der Waals surface area contributed by atoms with Crippen molar-refractivity contribution >= 4 is 17.4 Å². The van der Waals surface area contributed by atoms with Crippen LogP contribution in [0, 0.1) is 17.2 Å². The Hall–Kier alpha value is -1.14. The van der Waals surface area contributed by atoms with Crippen LogP contribution in [0.5, 0.6) is 0 Å². The summed E-state index contributed by atoms with van der Waals surface area (Å²) >= 11 is 1.62. The Labute approximate surface area is 128 Å². The number of unbranched alkanes of at least 4 members (excludes halogenated alkanes) is 3. The number of hydrogen-bond donors (Lipinski definition) is 1. The lowest BCUT2D eigenvalue weighted by molar-refractivity contribution is 0.523. The highest BCUT2D eigenvalue weighted by molar-refractivity contribution is 7.98. The number of nitriles is 1. The molecule has 0 saturated heterocycles. The molecule has 0 aliphatic carbocycles. The number of hydrogen-bond acceptors (Lipinski definition) is 3. The van der Waals surface area contributed by atoms with Gasteiger partial charge in [-0.15, -0.1) is 11.8 Å². The van der Waals surface area contributed by atoms with E-state index in [0.29, 0.717) is 0 Å². The van der Waals surface area contributed by atoms with Gasteiger partial charge in [0, 0.05) is 11.4 Å². The maximum Gasteiger partial charge on any atom is 0.102 e. The van der Waals surface area contributed by atoms with E-state index in [2.05, 4.69) is 25.2 Å². The molecule has 0 aliphatic rings. The molecule has 0 heterocycles. The van der Waals surface area contributed by atoms with Crippen molar-refractivity contribution in [2.24, 2.45) is 5.92 Å². The fraction of sp³-hybridized carbons (Fsp3) is 0.588. The Morgan fingerprint density at radius 1 is 1.20 bits per heavy atom. The molecule has 3 heteroatoms. The quantitative estimate of drug-likeness (QED) is 0.495. The first kappa shape index (κ1) is 16.9. The first-order chi connectivity index (χ1) is 9.69. The minimum atomic E-state index is 0.778. The maximum atomic E-state index is 9.25. The molecule has 1 aromatic rings. The van der Waals surface area contributed by atoms with Gasteiger partial charge in [-0.2, -0.15) is 5.26 Å². The molecule has 0 spiro atoms. The van der Waals surface area contributed by atoms with Crippen LogP contribution < -0.4 is 5.32 Å². The van der Waals surface area contributed by atoms with Gasteiger partial charge in [0.2, 0.25) is 0 Å². The average molecular weight is 290 g/mol. The smallest absolute Gasteiger partial charge is 0.102 e. The summed E-state index contributed by atoms with van der Waals surface area (Å²) in [5, 5.41) is 12.7. The summed E-state index contributed by atoms with van der Waals surface area (Å²) in [6, 6.07) is 8.31. The standard InChI is InChI=1S/C17H26N2S/c1-14(2)9-6-4-5-7-12-19-16-10-8-11-17(20-3)15(16)13-18/h8,10-11,14,19H,4-7,9,12H2,1-3H3. The van der Waals surface area contributed by atoms with E-state index in [0.717, 1.165) is 28.6 Å². The molecule has 2 nitrogen and oxygen atoms in total. The van der Waals surface area contributed by atoms with Gasteiger partial charge < -0.3 is 5.32 Å². The van der Waals surface area contributed by atoms with Crippen LogP contribution in [0.4, 0.5) is 5.69 Å². The van der Waals surface area contributed by atoms with E-state index in [1.54, 1.807) is 11.8 Å². The first-order valence-electron chi connectivity index (χ1n) is 7.50. The number of thioether (sulfide) groups is 1. The summed E-state index contributed by atoms with van der Waals surface area (Å²) in [6.07, 6.45) is 8.44. The summed E-state index contributed by atoms with van der Waals surface area (Å²) < 4.78 is 0. The van der Waals surface area contributed by atoms with Gasteiger partial charge in [0.25, 0.3) is 0 Å². The third-order valence-corrected chi connectivity index (χ3v) is 4.16. The van der Waals surface area contributed by atoms with Gasteiger partial charge in [-0.05, 0) is 30.7 Å². The molecule has 0 saturated carbocycles. The lowest BCUT2D eigenvalue weighted by Crippen LogP contribution is -2.03. The average Bonchev–Trinajstić information content (AvgIpc) is 2.45. The molecule has 20 heavy (non-hydrogen) atoms. The Morgan fingerprint density at radius 2 is 1.95 bits per heavy atom. The van der Waals surface area contributed by atoms with Crippen LogP contribution in [0.2, 0.25) is 0 Å². The van der Waals surface area contributed by atoms with E-state index in [-0.39, 0.29) is 0 Å². The highest BCUT2D eigenvalue weighted by Crippen LogP contribution is 2.26. The van der Waals surface area contributed by atoms with Crippen LogP contribution in [0.25, 0.3) is 0 Å². The topological polar surface area (TPSA) is 35.8 Å². The molecular formula is C17H26N2S. The highest BCUT2D eigenvalue weighted by Gasteiger charge is 2.06. The van der Waals surface area contributed by atoms with Crippen LogP contribution >= 0.6 is 11.8 Å². The van der Waals surface area contributed by atoms with Crippen molar-refractivity contribution in [3.63, 3.8) is 0 Å². The zero-order chi connectivity index (χ0) is 14.8. The van der Waals surface area contributed by atoms with E-state index < -0.39 is 0 Å². The first-order valence-corrected chi connectivity index (χ1v) is 8.72. The summed E-state index contributed by atoms with van der Waals surface area (Å²) in [6.45, 7) is 5.52. The van der Waals surface area contributed by atoms with Crippen molar-refractivity contribution < 1.29 is 0 Å². The van der Waals surface area contributed by atoms with Crippen molar-refractivity contribution in [2.45, 2.75) is 50.8 Å². The normalized spacial score (nSPS) is 10.6. The van der Waals surface area contributed by atoms with Crippen molar-refractivity contribution in [2.75, 3.05) is 18.1 Å². The number of nitrogens with one attached hydrogen (secondary N) is 1. The van der Waals surface area contributed by atoms with Crippen LogP contribution in [-0.2, 0) is 0 Å². The summed E-state index contributed by atoms with van der Waals surface area (Å²) in [7, 11) is 0. The van der Waals surface area contributed by atoms with Crippen molar-refractivity contribution in [1.29, 1.82) is 5.26 Å². The van der Waals surface area contributed by atoms with Crippen LogP contribution in [0.3, 0.4) is 0 Å². The predicted octanol–water partition coefficient (Wildman–Crippen LogP) is 5.30.